The van der Waals surface area contributed by atoms with E-state index < -0.39 is 0 Å². The maximum absolute atomic E-state index is 11.8. The topological polar surface area (TPSA) is 34.9 Å². The zero-order chi connectivity index (χ0) is 12.0. The van der Waals surface area contributed by atoms with Crippen LogP contribution in [0.1, 0.15) is 5.69 Å². The molecule has 2 aromatic carbocycles. The summed E-state index contributed by atoms with van der Waals surface area (Å²) in [5, 5.41) is 2.27. The Morgan fingerprint density at radius 2 is 1.76 bits per heavy atom. The van der Waals surface area contributed by atoms with E-state index in [0.717, 1.165) is 21.8 Å². The molecule has 0 atom stereocenters. The standard InChI is InChI=1S/C14H12N2O/c1-9-14(17)16(2)13-8-11-6-4-3-5-10(11)7-12(13)15-9/h3-8H,1-2H3. The van der Waals surface area contributed by atoms with Crippen molar-refractivity contribution < 1.29 is 0 Å². The van der Waals surface area contributed by atoms with Gasteiger partial charge in [-0.05, 0) is 29.8 Å². The first-order valence-electron chi connectivity index (χ1n) is 5.53. The second-order valence-electron chi connectivity index (χ2n) is 4.25. The van der Waals surface area contributed by atoms with Gasteiger partial charge in [0.1, 0.15) is 5.69 Å². The third kappa shape index (κ3) is 1.43. The summed E-state index contributed by atoms with van der Waals surface area (Å²) in [6, 6.07) is 12.1. The molecule has 0 saturated carbocycles. The SMILES string of the molecule is Cc1nc2cc3ccccc3cc2n(C)c1=O. The summed E-state index contributed by atoms with van der Waals surface area (Å²) in [6.45, 7) is 1.75. The highest BCUT2D eigenvalue weighted by atomic mass is 16.1. The molecule has 3 aromatic rings. The Balaban J connectivity index is 2.57. The van der Waals surface area contributed by atoms with Crippen LogP contribution in [0.2, 0.25) is 0 Å². The van der Waals surface area contributed by atoms with Gasteiger partial charge in [0.25, 0.3) is 5.56 Å². The van der Waals surface area contributed by atoms with Crippen LogP contribution in [0.4, 0.5) is 0 Å². The van der Waals surface area contributed by atoms with Crippen LogP contribution in [-0.2, 0) is 7.05 Å². The van der Waals surface area contributed by atoms with Gasteiger partial charge < -0.3 is 4.57 Å². The maximum Gasteiger partial charge on any atom is 0.272 e. The summed E-state index contributed by atoms with van der Waals surface area (Å²) in [7, 11) is 1.79. The van der Waals surface area contributed by atoms with Crippen LogP contribution in [0.15, 0.2) is 41.2 Å². The fraction of sp³-hybridized carbons (Fsp3) is 0.143. The first kappa shape index (κ1) is 10.0. The van der Waals surface area contributed by atoms with Crippen LogP contribution in [0.5, 0.6) is 0 Å². The fourth-order valence-electron chi connectivity index (χ4n) is 2.16. The van der Waals surface area contributed by atoms with Crippen LogP contribution in [0.3, 0.4) is 0 Å². The van der Waals surface area contributed by atoms with Gasteiger partial charge in [-0.3, -0.25) is 4.79 Å². The summed E-state index contributed by atoms with van der Waals surface area (Å²) < 4.78 is 1.66. The molecule has 3 nitrogen and oxygen atoms in total. The molecule has 0 spiro atoms. The highest BCUT2D eigenvalue weighted by molar-refractivity contribution is 5.94. The average molecular weight is 224 g/mol. The van der Waals surface area contributed by atoms with E-state index in [1.54, 1.807) is 18.5 Å². The van der Waals surface area contributed by atoms with Crippen LogP contribution in [-0.4, -0.2) is 9.55 Å². The molecule has 0 bridgehead atoms. The number of nitrogens with zero attached hydrogens (tertiary/aromatic N) is 2. The highest BCUT2D eigenvalue weighted by Gasteiger charge is 2.05. The molecule has 0 aliphatic heterocycles. The zero-order valence-electron chi connectivity index (χ0n) is 9.77. The molecule has 84 valence electrons. The molecule has 0 aliphatic rings. The largest absolute Gasteiger partial charge is 0.308 e. The Bertz CT molecular complexity index is 787. The molecule has 0 unspecified atom stereocenters. The molecule has 0 N–H and O–H groups in total. The molecule has 3 heteroatoms. The van der Waals surface area contributed by atoms with E-state index in [-0.39, 0.29) is 5.56 Å². The monoisotopic (exact) mass is 224 g/mol. The summed E-state index contributed by atoms with van der Waals surface area (Å²) in [5.74, 6) is 0. The minimum atomic E-state index is -0.0345. The number of hydrogen-bond acceptors (Lipinski definition) is 2. The molecule has 0 amide bonds. The van der Waals surface area contributed by atoms with Crippen molar-refractivity contribution in [2.24, 2.45) is 7.05 Å². The van der Waals surface area contributed by atoms with E-state index in [0.29, 0.717) is 5.69 Å². The number of aryl methyl sites for hydroxylation is 2. The second-order valence-corrected chi connectivity index (χ2v) is 4.25. The Morgan fingerprint density at radius 1 is 1.12 bits per heavy atom. The smallest absolute Gasteiger partial charge is 0.272 e. The number of fused-ring (bicyclic) bond motifs is 2. The quantitative estimate of drug-likeness (QED) is 0.549. The Hall–Kier alpha value is -2.16. The molecule has 17 heavy (non-hydrogen) atoms. The van der Waals surface area contributed by atoms with Crippen molar-refractivity contribution in [2.75, 3.05) is 0 Å². The Kier molecular flexibility index (Phi) is 2.01. The Morgan fingerprint density at radius 3 is 2.47 bits per heavy atom. The molecule has 0 saturated heterocycles. The molecule has 3 rings (SSSR count). The lowest BCUT2D eigenvalue weighted by molar-refractivity contribution is 0.873. The van der Waals surface area contributed by atoms with Crippen molar-refractivity contribution in [2.45, 2.75) is 6.92 Å². The van der Waals surface area contributed by atoms with Gasteiger partial charge in [-0.25, -0.2) is 4.98 Å². The number of hydrogen-bond donors (Lipinski definition) is 0. The van der Waals surface area contributed by atoms with Crippen molar-refractivity contribution in [3.05, 3.63) is 52.4 Å². The summed E-state index contributed by atoms with van der Waals surface area (Å²) >= 11 is 0. The van der Waals surface area contributed by atoms with Crippen molar-refractivity contribution in [1.29, 1.82) is 0 Å². The second kappa shape index (κ2) is 3.42. The van der Waals surface area contributed by atoms with Gasteiger partial charge in [-0.2, -0.15) is 0 Å². The molecule has 0 radical (unpaired) electrons. The van der Waals surface area contributed by atoms with E-state index in [4.69, 9.17) is 0 Å². The average Bonchev–Trinajstić information content (AvgIpc) is 2.34. The highest BCUT2D eigenvalue weighted by Crippen LogP contribution is 2.20. The van der Waals surface area contributed by atoms with Gasteiger partial charge in [-0.15, -0.1) is 0 Å². The lowest BCUT2D eigenvalue weighted by atomic mass is 10.1. The van der Waals surface area contributed by atoms with Gasteiger partial charge in [0.05, 0.1) is 11.0 Å². The minimum absolute atomic E-state index is 0.0345. The molecule has 1 heterocycles. The molecule has 0 aliphatic carbocycles. The van der Waals surface area contributed by atoms with Crippen molar-refractivity contribution in [1.82, 2.24) is 9.55 Å². The number of rotatable bonds is 0. The van der Waals surface area contributed by atoms with Gasteiger partial charge in [0.15, 0.2) is 0 Å². The van der Waals surface area contributed by atoms with Crippen LogP contribution < -0.4 is 5.56 Å². The fourth-order valence-corrected chi connectivity index (χ4v) is 2.16. The van der Waals surface area contributed by atoms with E-state index in [1.165, 1.54) is 0 Å². The molecular weight excluding hydrogens is 212 g/mol. The van der Waals surface area contributed by atoms with E-state index >= 15 is 0 Å². The zero-order valence-corrected chi connectivity index (χ0v) is 9.77. The summed E-state index contributed by atoms with van der Waals surface area (Å²) in [6.07, 6.45) is 0. The minimum Gasteiger partial charge on any atom is -0.308 e. The Labute approximate surface area is 98.3 Å². The number of aromatic nitrogens is 2. The molecule has 0 fully saturated rings. The van der Waals surface area contributed by atoms with Gasteiger partial charge in [0, 0.05) is 7.05 Å². The van der Waals surface area contributed by atoms with E-state index in [1.807, 2.05) is 30.3 Å². The van der Waals surface area contributed by atoms with Crippen molar-refractivity contribution in [3.8, 4) is 0 Å². The van der Waals surface area contributed by atoms with Gasteiger partial charge in [-0.1, -0.05) is 24.3 Å². The first-order chi connectivity index (χ1) is 8.16. The third-order valence-electron chi connectivity index (χ3n) is 3.11. The third-order valence-corrected chi connectivity index (χ3v) is 3.11. The van der Waals surface area contributed by atoms with Crippen molar-refractivity contribution in [3.63, 3.8) is 0 Å². The van der Waals surface area contributed by atoms with Crippen LogP contribution in [0.25, 0.3) is 21.8 Å². The van der Waals surface area contributed by atoms with Crippen molar-refractivity contribution >= 4 is 21.8 Å². The van der Waals surface area contributed by atoms with E-state index in [2.05, 4.69) is 11.1 Å². The van der Waals surface area contributed by atoms with Gasteiger partial charge in [0.2, 0.25) is 0 Å². The summed E-state index contributed by atoms with van der Waals surface area (Å²) in [4.78, 5) is 16.2. The van der Waals surface area contributed by atoms with Crippen LogP contribution in [0, 0.1) is 6.92 Å². The van der Waals surface area contributed by atoms with Gasteiger partial charge >= 0.3 is 0 Å². The lowest BCUT2D eigenvalue weighted by Gasteiger charge is -2.07. The molecular formula is C14H12N2O. The lowest BCUT2D eigenvalue weighted by Crippen LogP contribution is -2.20. The normalized spacial score (nSPS) is 11.2. The van der Waals surface area contributed by atoms with Crippen LogP contribution >= 0.6 is 0 Å². The van der Waals surface area contributed by atoms with E-state index in [9.17, 15) is 4.79 Å². The number of benzene rings is 2. The molecule has 1 aromatic heterocycles. The maximum atomic E-state index is 11.8. The predicted molar refractivity (Wildman–Crippen MR) is 69.2 cm³/mol. The first-order valence-corrected chi connectivity index (χ1v) is 5.53. The predicted octanol–water partition coefficient (Wildman–Crippen LogP) is 2.40. The summed E-state index contributed by atoms with van der Waals surface area (Å²) in [5.41, 5.74) is 2.24.